The van der Waals surface area contributed by atoms with E-state index in [1.807, 2.05) is 37.3 Å². The average Bonchev–Trinajstić information content (AvgIpc) is 3.12. The molecule has 3 rings (SSSR count). The summed E-state index contributed by atoms with van der Waals surface area (Å²) >= 11 is 0. The Morgan fingerprint density at radius 3 is 2.67 bits per heavy atom. The number of nitrogens with zero attached hydrogens (tertiary/aromatic N) is 2. The largest absolute Gasteiger partial charge is 0.398 e. The van der Waals surface area contributed by atoms with Crippen molar-refractivity contribution in [2.45, 2.75) is 52.0 Å². The fraction of sp³-hybridized carbons (Fsp3) is 0.333. The predicted octanol–water partition coefficient (Wildman–Crippen LogP) is 4.92. The SMILES string of the molecule is Cc1c(N)cccc1-c1cn(CCCCCCCC(=O)NO)c2ccc(C#N)cc12. The molecule has 1 amide bonds. The van der Waals surface area contributed by atoms with Crippen LogP contribution in [0.3, 0.4) is 0 Å². The number of hydrogen-bond donors (Lipinski definition) is 3. The van der Waals surface area contributed by atoms with Gasteiger partial charge in [-0.25, -0.2) is 5.48 Å². The van der Waals surface area contributed by atoms with Crippen LogP contribution in [0.2, 0.25) is 0 Å². The number of benzene rings is 2. The number of unbranched alkanes of at least 4 members (excludes halogenated alkanes) is 4. The summed E-state index contributed by atoms with van der Waals surface area (Å²) in [6.07, 6.45) is 7.45. The number of hydrogen-bond acceptors (Lipinski definition) is 4. The lowest BCUT2D eigenvalue weighted by molar-refractivity contribution is -0.129. The summed E-state index contributed by atoms with van der Waals surface area (Å²) in [6, 6.07) is 14.0. The number of aromatic nitrogens is 1. The number of nitrogens with one attached hydrogen (secondary N) is 1. The first-order valence-electron chi connectivity index (χ1n) is 10.4. The lowest BCUT2D eigenvalue weighted by Gasteiger charge is -2.07. The molecule has 0 aliphatic carbocycles. The molecule has 4 N–H and O–H groups in total. The number of rotatable bonds is 9. The maximum absolute atomic E-state index is 11.0. The van der Waals surface area contributed by atoms with Gasteiger partial charge < -0.3 is 10.3 Å². The van der Waals surface area contributed by atoms with E-state index in [0.717, 1.165) is 71.9 Å². The van der Waals surface area contributed by atoms with E-state index < -0.39 is 0 Å². The highest BCUT2D eigenvalue weighted by atomic mass is 16.5. The van der Waals surface area contributed by atoms with E-state index in [1.54, 1.807) is 5.48 Å². The van der Waals surface area contributed by atoms with E-state index >= 15 is 0 Å². The lowest BCUT2D eigenvalue weighted by Crippen LogP contribution is -2.17. The van der Waals surface area contributed by atoms with Crippen LogP contribution < -0.4 is 11.2 Å². The van der Waals surface area contributed by atoms with Gasteiger partial charge in [0.05, 0.1) is 11.6 Å². The van der Waals surface area contributed by atoms with Crippen LogP contribution in [0.1, 0.15) is 49.7 Å². The molecule has 0 fully saturated rings. The van der Waals surface area contributed by atoms with E-state index in [-0.39, 0.29) is 5.91 Å². The third-order valence-corrected chi connectivity index (χ3v) is 5.60. The number of fused-ring (bicyclic) bond motifs is 1. The topological polar surface area (TPSA) is 104 Å². The molecule has 1 aromatic heterocycles. The maximum Gasteiger partial charge on any atom is 0.243 e. The zero-order valence-corrected chi connectivity index (χ0v) is 17.3. The van der Waals surface area contributed by atoms with Crippen LogP contribution in [0.5, 0.6) is 0 Å². The van der Waals surface area contributed by atoms with Gasteiger partial charge in [-0.3, -0.25) is 10.0 Å². The van der Waals surface area contributed by atoms with Crippen LogP contribution in [0.4, 0.5) is 5.69 Å². The van der Waals surface area contributed by atoms with Crippen molar-refractivity contribution >= 4 is 22.5 Å². The number of carbonyl (C=O) groups is 1. The van der Waals surface area contributed by atoms with E-state index in [1.165, 1.54) is 0 Å². The van der Waals surface area contributed by atoms with Crippen molar-refractivity contribution in [3.63, 3.8) is 0 Å². The molecular formula is C24H28N4O2. The Morgan fingerprint density at radius 2 is 1.90 bits per heavy atom. The second-order valence-electron chi connectivity index (χ2n) is 7.65. The van der Waals surface area contributed by atoms with Gasteiger partial charge in [0.2, 0.25) is 5.91 Å². The summed E-state index contributed by atoms with van der Waals surface area (Å²) in [5.74, 6) is -0.324. The number of carbonyl (C=O) groups excluding carboxylic acids is 1. The molecule has 3 aromatic rings. The third-order valence-electron chi connectivity index (χ3n) is 5.60. The molecule has 6 heteroatoms. The highest BCUT2D eigenvalue weighted by molar-refractivity contribution is 5.98. The van der Waals surface area contributed by atoms with Crippen molar-refractivity contribution in [3.8, 4) is 17.2 Å². The maximum atomic E-state index is 11.0. The highest BCUT2D eigenvalue weighted by Gasteiger charge is 2.14. The molecule has 0 saturated carbocycles. The van der Waals surface area contributed by atoms with Crippen molar-refractivity contribution in [1.82, 2.24) is 10.0 Å². The van der Waals surface area contributed by atoms with Gasteiger partial charge in [0.1, 0.15) is 0 Å². The Morgan fingerprint density at radius 1 is 1.13 bits per heavy atom. The average molecular weight is 405 g/mol. The quantitative estimate of drug-likeness (QED) is 0.204. The number of aryl methyl sites for hydroxylation is 1. The van der Waals surface area contributed by atoms with Gasteiger partial charge in [-0.15, -0.1) is 0 Å². The number of nitrogen functional groups attached to an aromatic ring is 1. The molecule has 0 unspecified atom stereocenters. The monoisotopic (exact) mass is 404 g/mol. The Kier molecular flexibility index (Phi) is 7.10. The fourth-order valence-electron chi connectivity index (χ4n) is 3.87. The standard InChI is InChI=1S/C24H28N4O2/c1-17-19(8-7-9-22(17)26)21-16-28(23-12-11-18(15-25)14-20(21)23)13-6-4-2-3-5-10-24(29)27-30/h7-9,11-12,14,16,30H,2-6,10,13,26H2,1H3,(H,27,29). The number of amides is 1. The lowest BCUT2D eigenvalue weighted by atomic mass is 9.98. The molecule has 0 radical (unpaired) electrons. The Balaban J connectivity index is 1.75. The second-order valence-corrected chi connectivity index (χ2v) is 7.65. The molecular weight excluding hydrogens is 376 g/mol. The number of nitrogens with two attached hydrogens (primary N) is 1. The molecule has 0 saturated heterocycles. The Labute approximate surface area is 176 Å². The van der Waals surface area contributed by atoms with Crippen LogP contribution in [-0.2, 0) is 11.3 Å². The molecule has 156 valence electrons. The minimum absolute atomic E-state index is 0.324. The normalized spacial score (nSPS) is 10.8. The van der Waals surface area contributed by atoms with Gasteiger partial charge >= 0.3 is 0 Å². The molecule has 0 aliphatic rings. The Bertz CT molecular complexity index is 1080. The minimum atomic E-state index is -0.324. The zero-order chi connectivity index (χ0) is 21.5. The molecule has 6 nitrogen and oxygen atoms in total. The van der Waals surface area contributed by atoms with Crippen molar-refractivity contribution in [1.29, 1.82) is 5.26 Å². The highest BCUT2D eigenvalue weighted by Crippen LogP contribution is 2.35. The van der Waals surface area contributed by atoms with Crippen molar-refractivity contribution in [2.24, 2.45) is 0 Å². The van der Waals surface area contributed by atoms with Crippen LogP contribution >= 0.6 is 0 Å². The van der Waals surface area contributed by atoms with E-state index in [9.17, 15) is 10.1 Å². The van der Waals surface area contributed by atoms with Crippen LogP contribution in [0, 0.1) is 18.3 Å². The molecule has 30 heavy (non-hydrogen) atoms. The van der Waals surface area contributed by atoms with E-state index in [4.69, 9.17) is 10.9 Å². The number of nitriles is 1. The Hall–Kier alpha value is -3.30. The zero-order valence-electron chi connectivity index (χ0n) is 17.3. The summed E-state index contributed by atoms with van der Waals surface area (Å²) in [5.41, 5.74) is 13.6. The molecule has 0 atom stereocenters. The van der Waals surface area contributed by atoms with Gasteiger partial charge in [0.25, 0.3) is 0 Å². The van der Waals surface area contributed by atoms with Crippen LogP contribution in [-0.4, -0.2) is 15.7 Å². The van der Waals surface area contributed by atoms with E-state index in [0.29, 0.717) is 12.0 Å². The van der Waals surface area contributed by atoms with Crippen LogP contribution in [0.15, 0.2) is 42.6 Å². The van der Waals surface area contributed by atoms with Crippen LogP contribution in [0.25, 0.3) is 22.0 Å². The molecule has 0 aliphatic heterocycles. The molecule has 1 heterocycles. The predicted molar refractivity (Wildman–Crippen MR) is 119 cm³/mol. The fourth-order valence-corrected chi connectivity index (χ4v) is 3.87. The van der Waals surface area contributed by atoms with Gasteiger partial charge in [-0.05, 0) is 55.2 Å². The smallest absolute Gasteiger partial charge is 0.243 e. The number of anilines is 1. The summed E-state index contributed by atoms with van der Waals surface area (Å²) in [7, 11) is 0. The minimum Gasteiger partial charge on any atom is -0.398 e. The van der Waals surface area contributed by atoms with Gasteiger partial charge in [-0.1, -0.05) is 31.4 Å². The van der Waals surface area contributed by atoms with Gasteiger partial charge in [0, 0.05) is 41.3 Å². The third kappa shape index (κ3) is 4.81. The molecule has 0 spiro atoms. The van der Waals surface area contributed by atoms with Crippen molar-refractivity contribution < 1.29 is 10.0 Å². The van der Waals surface area contributed by atoms with Crippen molar-refractivity contribution in [3.05, 3.63) is 53.7 Å². The summed E-state index contributed by atoms with van der Waals surface area (Å²) in [6.45, 7) is 2.92. The van der Waals surface area contributed by atoms with Gasteiger partial charge in [0.15, 0.2) is 0 Å². The number of hydroxylamine groups is 1. The summed E-state index contributed by atoms with van der Waals surface area (Å²) in [4.78, 5) is 11.0. The summed E-state index contributed by atoms with van der Waals surface area (Å²) in [5, 5.41) is 18.9. The summed E-state index contributed by atoms with van der Waals surface area (Å²) < 4.78 is 2.26. The van der Waals surface area contributed by atoms with Crippen molar-refractivity contribution in [2.75, 3.05) is 5.73 Å². The molecule has 0 bridgehead atoms. The molecule has 2 aromatic carbocycles. The van der Waals surface area contributed by atoms with E-state index in [2.05, 4.69) is 22.9 Å². The second kappa shape index (κ2) is 9.95. The first kappa shape index (κ1) is 21.4. The first-order chi connectivity index (χ1) is 14.5. The first-order valence-corrected chi connectivity index (χ1v) is 10.4. The van der Waals surface area contributed by atoms with Gasteiger partial charge in [-0.2, -0.15) is 5.26 Å².